The molecule has 0 aliphatic carbocycles. The van der Waals surface area contributed by atoms with Gasteiger partial charge in [0.05, 0.1) is 11.7 Å². The van der Waals surface area contributed by atoms with E-state index < -0.39 is 0 Å². The summed E-state index contributed by atoms with van der Waals surface area (Å²) in [7, 11) is 2.13. The quantitative estimate of drug-likeness (QED) is 0.663. The first-order chi connectivity index (χ1) is 9.21. The first-order valence-corrected chi connectivity index (χ1v) is 7.54. The molecule has 1 rings (SSSR count). The minimum Gasteiger partial charge on any atom is -0.396 e. The molecule has 0 radical (unpaired) electrons. The number of rotatable bonds is 10. The molecule has 0 saturated heterocycles. The van der Waals surface area contributed by atoms with Crippen molar-refractivity contribution in [2.24, 2.45) is 0 Å². The van der Waals surface area contributed by atoms with Crippen LogP contribution in [0.4, 0.5) is 0 Å². The second kappa shape index (κ2) is 9.10. The second-order valence-electron chi connectivity index (χ2n) is 5.28. The molecule has 1 N–H and O–H groups in total. The summed E-state index contributed by atoms with van der Waals surface area (Å²) >= 11 is 0. The Morgan fingerprint density at radius 2 is 2.00 bits per heavy atom. The van der Waals surface area contributed by atoms with Crippen molar-refractivity contribution in [2.45, 2.75) is 58.5 Å². The van der Waals surface area contributed by atoms with Crippen LogP contribution in [0.2, 0.25) is 0 Å². The number of hydrogen-bond donors (Lipinski definition) is 1. The molecule has 0 aliphatic heterocycles. The smallest absolute Gasteiger partial charge is 0.0764 e. The number of aliphatic hydroxyl groups is 1. The van der Waals surface area contributed by atoms with Crippen molar-refractivity contribution < 1.29 is 5.11 Å². The van der Waals surface area contributed by atoms with E-state index in [0.717, 1.165) is 50.9 Å². The summed E-state index contributed by atoms with van der Waals surface area (Å²) in [6.07, 6.45) is 7.53. The summed E-state index contributed by atoms with van der Waals surface area (Å²) in [4.78, 5) is 2.30. The van der Waals surface area contributed by atoms with Crippen LogP contribution in [0.25, 0.3) is 0 Å². The highest BCUT2D eigenvalue weighted by Crippen LogP contribution is 2.15. The molecule has 4 heteroatoms. The number of aliphatic hydroxyl groups excluding tert-OH is 1. The standard InChI is InChI=1S/C15H29N3O/c1-4-15(5-2)18-11-9-14(16-18)13-17(3)10-7-6-8-12-19/h9,11,15,19H,4-8,10,12-13H2,1-3H3. The van der Waals surface area contributed by atoms with Gasteiger partial charge in [0.15, 0.2) is 0 Å². The van der Waals surface area contributed by atoms with Gasteiger partial charge in [-0.1, -0.05) is 13.8 Å². The van der Waals surface area contributed by atoms with E-state index in [9.17, 15) is 0 Å². The fourth-order valence-electron chi connectivity index (χ4n) is 2.35. The molecule has 1 heterocycles. The Morgan fingerprint density at radius 3 is 2.63 bits per heavy atom. The van der Waals surface area contributed by atoms with Crippen molar-refractivity contribution in [1.82, 2.24) is 14.7 Å². The van der Waals surface area contributed by atoms with Crippen LogP contribution < -0.4 is 0 Å². The molecule has 0 unspecified atom stereocenters. The summed E-state index contributed by atoms with van der Waals surface area (Å²) in [6.45, 7) is 6.71. The molecule has 0 fully saturated rings. The number of aromatic nitrogens is 2. The Labute approximate surface area is 117 Å². The van der Waals surface area contributed by atoms with Crippen LogP contribution in [0.15, 0.2) is 12.3 Å². The normalized spacial score (nSPS) is 11.7. The van der Waals surface area contributed by atoms with Crippen molar-refractivity contribution >= 4 is 0 Å². The molecule has 1 aromatic heterocycles. The molecule has 0 aromatic carbocycles. The summed E-state index contributed by atoms with van der Waals surface area (Å²) in [5.74, 6) is 0. The highest BCUT2D eigenvalue weighted by atomic mass is 16.2. The zero-order valence-electron chi connectivity index (χ0n) is 12.7. The van der Waals surface area contributed by atoms with E-state index in [4.69, 9.17) is 5.11 Å². The molecule has 19 heavy (non-hydrogen) atoms. The molecule has 0 saturated carbocycles. The Kier molecular flexibility index (Phi) is 7.75. The highest BCUT2D eigenvalue weighted by molar-refractivity contribution is 4.99. The van der Waals surface area contributed by atoms with Gasteiger partial charge in [-0.3, -0.25) is 4.68 Å². The van der Waals surface area contributed by atoms with Gasteiger partial charge in [0.2, 0.25) is 0 Å². The predicted molar refractivity (Wildman–Crippen MR) is 79.1 cm³/mol. The maximum atomic E-state index is 8.74. The lowest BCUT2D eigenvalue weighted by Crippen LogP contribution is -2.20. The lowest BCUT2D eigenvalue weighted by atomic mass is 10.2. The average molecular weight is 267 g/mol. The molecule has 0 bridgehead atoms. The van der Waals surface area contributed by atoms with Crippen LogP contribution in [0.1, 0.15) is 57.7 Å². The van der Waals surface area contributed by atoms with Gasteiger partial charge < -0.3 is 10.0 Å². The maximum Gasteiger partial charge on any atom is 0.0764 e. The average Bonchev–Trinajstić information content (AvgIpc) is 2.84. The van der Waals surface area contributed by atoms with Crippen LogP contribution in [0.3, 0.4) is 0 Å². The molecule has 0 spiro atoms. The van der Waals surface area contributed by atoms with Gasteiger partial charge in [-0.15, -0.1) is 0 Å². The zero-order chi connectivity index (χ0) is 14.1. The van der Waals surface area contributed by atoms with Gasteiger partial charge >= 0.3 is 0 Å². The van der Waals surface area contributed by atoms with Gasteiger partial charge in [-0.25, -0.2) is 0 Å². The fraction of sp³-hybridized carbons (Fsp3) is 0.800. The first-order valence-electron chi connectivity index (χ1n) is 7.54. The van der Waals surface area contributed by atoms with Gasteiger partial charge in [0.1, 0.15) is 0 Å². The maximum absolute atomic E-state index is 8.74. The Hall–Kier alpha value is -0.870. The van der Waals surface area contributed by atoms with E-state index in [0.29, 0.717) is 12.6 Å². The molecule has 0 atom stereocenters. The van der Waals surface area contributed by atoms with Crippen molar-refractivity contribution in [1.29, 1.82) is 0 Å². The monoisotopic (exact) mass is 267 g/mol. The van der Waals surface area contributed by atoms with Crippen molar-refractivity contribution in [2.75, 3.05) is 20.2 Å². The first kappa shape index (κ1) is 16.2. The second-order valence-corrected chi connectivity index (χ2v) is 5.28. The molecule has 0 amide bonds. The lowest BCUT2D eigenvalue weighted by molar-refractivity contribution is 0.270. The van der Waals surface area contributed by atoms with E-state index >= 15 is 0 Å². The zero-order valence-corrected chi connectivity index (χ0v) is 12.7. The van der Waals surface area contributed by atoms with Crippen LogP contribution in [-0.2, 0) is 6.54 Å². The van der Waals surface area contributed by atoms with Gasteiger partial charge in [0.25, 0.3) is 0 Å². The Bertz CT molecular complexity index is 334. The third-order valence-electron chi connectivity index (χ3n) is 3.61. The molecule has 0 aliphatic rings. The van der Waals surface area contributed by atoms with Crippen LogP contribution in [0.5, 0.6) is 0 Å². The minimum atomic E-state index is 0.309. The van der Waals surface area contributed by atoms with Crippen molar-refractivity contribution in [3.05, 3.63) is 18.0 Å². The molecular formula is C15H29N3O. The van der Waals surface area contributed by atoms with Gasteiger partial charge in [-0.05, 0) is 51.8 Å². The topological polar surface area (TPSA) is 41.3 Å². The molecule has 1 aromatic rings. The Morgan fingerprint density at radius 1 is 1.26 bits per heavy atom. The van der Waals surface area contributed by atoms with E-state index in [1.165, 1.54) is 0 Å². The summed E-state index contributed by atoms with van der Waals surface area (Å²) in [5.41, 5.74) is 1.15. The van der Waals surface area contributed by atoms with E-state index in [1.807, 2.05) is 0 Å². The third-order valence-corrected chi connectivity index (χ3v) is 3.61. The van der Waals surface area contributed by atoms with Crippen LogP contribution in [0, 0.1) is 0 Å². The highest BCUT2D eigenvalue weighted by Gasteiger charge is 2.09. The number of nitrogens with zero attached hydrogens (tertiary/aromatic N) is 3. The molecule has 110 valence electrons. The predicted octanol–water partition coefficient (Wildman–Crippen LogP) is 2.84. The molecule has 4 nitrogen and oxygen atoms in total. The largest absolute Gasteiger partial charge is 0.396 e. The van der Waals surface area contributed by atoms with E-state index in [-0.39, 0.29) is 0 Å². The van der Waals surface area contributed by atoms with Gasteiger partial charge in [0, 0.05) is 19.3 Å². The summed E-state index contributed by atoms with van der Waals surface area (Å²) < 4.78 is 2.11. The third kappa shape index (κ3) is 5.74. The Balaban J connectivity index is 2.36. The summed E-state index contributed by atoms with van der Waals surface area (Å²) in [6, 6.07) is 2.66. The minimum absolute atomic E-state index is 0.309. The SMILES string of the molecule is CCC(CC)n1ccc(CN(C)CCCCCO)n1. The lowest BCUT2D eigenvalue weighted by Gasteiger charge is -2.15. The van der Waals surface area contributed by atoms with Crippen LogP contribution in [-0.4, -0.2) is 40.0 Å². The molecular weight excluding hydrogens is 238 g/mol. The van der Waals surface area contributed by atoms with Gasteiger partial charge in [-0.2, -0.15) is 5.10 Å². The van der Waals surface area contributed by atoms with Crippen LogP contribution >= 0.6 is 0 Å². The van der Waals surface area contributed by atoms with Crippen molar-refractivity contribution in [3.8, 4) is 0 Å². The van der Waals surface area contributed by atoms with E-state index in [2.05, 4.69) is 47.8 Å². The summed E-state index contributed by atoms with van der Waals surface area (Å²) in [5, 5.41) is 13.4. The van der Waals surface area contributed by atoms with E-state index in [1.54, 1.807) is 0 Å². The number of hydrogen-bond acceptors (Lipinski definition) is 3. The van der Waals surface area contributed by atoms with Crippen molar-refractivity contribution in [3.63, 3.8) is 0 Å². The number of unbranched alkanes of at least 4 members (excludes halogenated alkanes) is 2. The fourth-order valence-corrected chi connectivity index (χ4v) is 2.35.